The van der Waals surface area contributed by atoms with Gasteiger partial charge in [-0.05, 0) is 32.1 Å². The monoisotopic (exact) mass is 811 g/mol. The first kappa shape index (κ1) is 48.8. The highest BCUT2D eigenvalue weighted by molar-refractivity contribution is 5.97. The van der Waals surface area contributed by atoms with E-state index in [9.17, 15) is 63.3 Å². The van der Waals surface area contributed by atoms with Crippen molar-refractivity contribution in [1.29, 1.82) is 0 Å². The number of aliphatic hydroxyl groups is 1. The van der Waals surface area contributed by atoms with Crippen LogP contribution in [-0.2, 0) is 54.4 Å². The highest BCUT2D eigenvalue weighted by Crippen LogP contribution is 2.09. The van der Waals surface area contributed by atoms with Gasteiger partial charge < -0.3 is 69.4 Å². The minimum Gasteiger partial charge on any atom is -0.481 e. The lowest BCUT2D eigenvalue weighted by atomic mass is 9.98. The van der Waals surface area contributed by atoms with Crippen molar-refractivity contribution in [2.45, 2.75) is 114 Å². The van der Waals surface area contributed by atoms with Gasteiger partial charge >= 0.3 is 11.9 Å². The summed E-state index contributed by atoms with van der Waals surface area (Å²) >= 11 is 0. The van der Waals surface area contributed by atoms with E-state index in [1.807, 2.05) is 0 Å². The Kier molecular flexibility index (Phi) is 20.9. The van der Waals surface area contributed by atoms with Gasteiger partial charge in [0.1, 0.15) is 36.3 Å². The molecule has 0 spiro atoms. The summed E-state index contributed by atoms with van der Waals surface area (Å²) in [7, 11) is 0. The van der Waals surface area contributed by atoms with E-state index in [4.69, 9.17) is 17.2 Å². The fraction of sp³-hybridized carbons (Fsp3) is 0.606. The minimum absolute atomic E-state index is 0.262. The Morgan fingerprint density at radius 1 is 0.667 bits per heavy atom. The van der Waals surface area contributed by atoms with Crippen LogP contribution in [0.2, 0.25) is 0 Å². The molecule has 0 fully saturated rings. The van der Waals surface area contributed by atoms with E-state index in [1.165, 1.54) is 19.4 Å². The van der Waals surface area contributed by atoms with Crippen LogP contribution >= 0.6 is 0 Å². The highest BCUT2D eigenvalue weighted by Gasteiger charge is 2.33. The molecule has 57 heavy (non-hydrogen) atoms. The average Bonchev–Trinajstić information content (AvgIpc) is 3.66. The third kappa shape index (κ3) is 17.9. The van der Waals surface area contributed by atoms with Gasteiger partial charge in [-0.25, -0.2) is 9.78 Å². The lowest BCUT2D eigenvalue weighted by Crippen LogP contribution is -2.60. The van der Waals surface area contributed by atoms with Crippen LogP contribution in [0.15, 0.2) is 12.5 Å². The molecule has 24 heteroatoms. The van der Waals surface area contributed by atoms with Crippen LogP contribution in [0.5, 0.6) is 0 Å². The molecule has 0 saturated heterocycles. The summed E-state index contributed by atoms with van der Waals surface area (Å²) in [6, 6.07) is -10.3. The number of aromatic nitrogens is 2. The number of aromatic amines is 1. The number of carbonyl (C=O) groups is 10. The van der Waals surface area contributed by atoms with Crippen LogP contribution in [0, 0.1) is 5.92 Å². The van der Waals surface area contributed by atoms with Gasteiger partial charge in [-0.1, -0.05) is 20.3 Å². The highest BCUT2D eigenvalue weighted by atomic mass is 16.4. The molecule has 0 aliphatic carbocycles. The molecular formula is C33H53N11O13. The molecule has 1 aromatic rings. The Morgan fingerprint density at radius 2 is 1.12 bits per heavy atom. The van der Waals surface area contributed by atoms with E-state index in [0.29, 0.717) is 12.1 Å². The molecule has 1 heterocycles. The molecule has 0 unspecified atom stereocenters. The van der Waals surface area contributed by atoms with Gasteiger partial charge in [-0.2, -0.15) is 0 Å². The topological polar surface area (TPSA) is 410 Å². The molecular weight excluding hydrogens is 758 g/mol. The Hall–Kier alpha value is -6.17. The molecule has 0 saturated carbocycles. The van der Waals surface area contributed by atoms with E-state index < -0.39 is 127 Å². The number of nitrogens with two attached hydrogens (primary N) is 3. The maximum atomic E-state index is 13.5. The summed E-state index contributed by atoms with van der Waals surface area (Å²) in [5.74, 6) is -10.7. The average molecular weight is 812 g/mol. The van der Waals surface area contributed by atoms with Gasteiger partial charge in [0.2, 0.25) is 47.3 Å². The van der Waals surface area contributed by atoms with Crippen molar-refractivity contribution < 1.29 is 63.3 Å². The van der Waals surface area contributed by atoms with Crippen LogP contribution < -0.4 is 49.1 Å². The lowest BCUT2D eigenvalue weighted by molar-refractivity contribution is -0.143. The number of primary amides is 2. The number of hydrogen-bond acceptors (Lipinski definition) is 13. The Morgan fingerprint density at radius 3 is 1.60 bits per heavy atom. The number of nitrogens with one attached hydrogen (secondary N) is 7. The van der Waals surface area contributed by atoms with Crippen LogP contribution in [0.3, 0.4) is 0 Å². The van der Waals surface area contributed by atoms with E-state index in [-0.39, 0.29) is 31.6 Å². The number of amides is 8. The predicted molar refractivity (Wildman–Crippen MR) is 195 cm³/mol. The molecule has 1 rings (SSSR count). The first-order chi connectivity index (χ1) is 26.7. The number of hydrogen-bond donors (Lipinski definition) is 13. The number of nitrogens with zero attached hydrogens (tertiary/aromatic N) is 1. The normalized spacial score (nSPS) is 15.1. The molecule has 16 N–H and O–H groups in total. The quantitative estimate of drug-likeness (QED) is 0.0395. The molecule has 0 radical (unpaired) electrons. The molecule has 1 aromatic heterocycles. The van der Waals surface area contributed by atoms with Crippen LogP contribution in [0.25, 0.3) is 0 Å². The Bertz CT molecular complexity index is 1590. The van der Waals surface area contributed by atoms with Gasteiger partial charge in [-0.3, -0.25) is 43.2 Å². The molecule has 0 aliphatic rings. The molecule has 0 bridgehead atoms. The van der Waals surface area contributed by atoms with Gasteiger partial charge in [0.15, 0.2) is 0 Å². The van der Waals surface area contributed by atoms with Crippen molar-refractivity contribution in [3.05, 3.63) is 18.2 Å². The molecule has 8 atom stereocenters. The second-order valence-electron chi connectivity index (χ2n) is 13.2. The molecule has 24 nitrogen and oxygen atoms in total. The second kappa shape index (κ2) is 24.4. The van der Waals surface area contributed by atoms with E-state index in [0.717, 1.165) is 0 Å². The number of carboxylic acid groups (broad SMARTS) is 2. The number of H-pyrrole nitrogens is 1. The first-order valence-corrected chi connectivity index (χ1v) is 17.9. The van der Waals surface area contributed by atoms with Gasteiger partial charge in [0.05, 0.1) is 19.0 Å². The van der Waals surface area contributed by atoms with Gasteiger partial charge in [0, 0.05) is 37.6 Å². The standard InChI is InChI=1S/C33H53N11O13/c1-4-15(2)26(36)32(55)41-19(7-10-25(48)49)29(52)43-21(11-17-12-37-14-38-17)30(53)44-22(13-45)31(54)39-16(3)27(50)40-18(5-8-23(34)46)28(51)42-20(33(56)57)6-9-24(35)47/h12,14-16,18-22,26,45H,4-11,13,36H2,1-3H3,(H2,34,46)(H2,35,47)(H,37,38)(H,39,54)(H,40,50)(H,41,55)(H,42,51)(H,43,52)(H,44,53)(H,48,49)(H,56,57)/t15-,16-,18-,19-,20-,21-,22-,26-/m0/s1. The zero-order valence-electron chi connectivity index (χ0n) is 31.7. The number of carboxylic acids is 2. The summed E-state index contributed by atoms with van der Waals surface area (Å²) in [6.07, 6.45) is 0.381. The zero-order valence-corrected chi connectivity index (χ0v) is 31.7. The number of aliphatic hydroxyl groups excluding tert-OH is 1. The zero-order chi connectivity index (χ0) is 43.4. The largest absolute Gasteiger partial charge is 0.481 e. The Labute approximate surface area is 326 Å². The minimum atomic E-state index is -1.74. The van der Waals surface area contributed by atoms with E-state index >= 15 is 0 Å². The summed E-state index contributed by atoms with van der Waals surface area (Å²) in [6.45, 7) is 3.65. The fourth-order valence-electron chi connectivity index (χ4n) is 4.93. The van der Waals surface area contributed by atoms with Crippen molar-refractivity contribution in [1.82, 2.24) is 41.9 Å². The van der Waals surface area contributed by atoms with Crippen molar-refractivity contribution in [2.75, 3.05) is 6.61 Å². The van der Waals surface area contributed by atoms with Crippen LogP contribution in [0.4, 0.5) is 0 Å². The van der Waals surface area contributed by atoms with Crippen molar-refractivity contribution in [3.8, 4) is 0 Å². The summed E-state index contributed by atoms with van der Waals surface area (Å²) < 4.78 is 0. The lowest BCUT2D eigenvalue weighted by Gasteiger charge is -2.26. The Balaban J connectivity index is 3.16. The van der Waals surface area contributed by atoms with Crippen molar-refractivity contribution in [3.63, 3.8) is 0 Å². The third-order valence-corrected chi connectivity index (χ3v) is 8.63. The predicted octanol–water partition coefficient (Wildman–Crippen LogP) is -5.27. The summed E-state index contributed by atoms with van der Waals surface area (Å²) in [4.78, 5) is 131. The maximum absolute atomic E-state index is 13.5. The summed E-state index contributed by atoms with van der Waals surface area (Å²) in [5.41, 5.74) is 16.5. The van der Waals surface area contributed by atoms with E-state index in [1.54, 1.807) is 13.8 Å². The number of carbonyl (C=O) groups excluding carboxylic acids is 8. The van der Waals surface area contributed by atoms with E-state index in [2.05, 4.69) is 41.9 Å². The molecule has 318 valence electrons. The van der Waals surface area contributed by atoms with Crippen molar-refractivity contribution in [2.24, 2.45) is 23.1 Å². The van der Waals surface area contributed by atoms with Crippen LogP contribution in [0.1, 0.15) is 71.4 Å². The number of imidazole rings is 1. The second-order valence-corrected chi connectivity index (χ2v) is 13.2. The molecule has 0 aromatic carbocycles. The molecule has 0 aliphatic heterocycles. The van der Waals surface area contributed by atoms with Crippen LogP contribution in [-0.4, -0.2) is 133 Å². The smallest absolute Gasteiger partial charge is 0.326 e. The van der Waals surface area contributed by atoms with Crippen molar-refractivity contribution >= 4 is 59.2 Å². The number of aliphatic carboxylic acids is 2. The first-order valence-electron chi connectivity index (χ1n) is 17.9. The third-order valence-electron chi connectivity index (χ3n) is 8.63. The number of rotatable bonds is 27. The maximum Gasteiger partial charge on any atom is 0.326 e. The molecule has 8 amide bonds. The fourth-order valence-corrected chi connectivity index (χ4v) is 4.93. The SMILES string of the molecule is CC[C@H](C)[C@H](N)C(=O)N[C@@H](CCC(=O)O)C(=O)N[C@@H](Cc1cnc[nH]1)C(=O)N[C@@H](CO)C(=O)N[C@@H](C)C(=O)N[C@@H](CCC(N)=O)C(=O)N[C@@H](CCC(N)=O)C(=O)O. The van der Waals surface area contributed by atoms with Gasteiger partial charge in [0.25, 0.3) is 0 Å². The van der Waals surface area contributed by atoms with Gasteiger partial charge in [-0.15, -0.1) is 0 Å². The summed E-state index contributed by atoms with van der Waals surface area (Å²) in [5, 5.41) is 42.4.